The summed E-state index contributed by atoms with van der Waals surface area (Å²) < 4.78 is 0. The van der Waals surface area contributed by atoms with Gasteiger partial charge >= 0.3 is 0 Å². The lowest BCUT2D eigenvalue weighted by Gasteiger charge is -2.12. The minimum atomic E-state index is -0.254. The Morgan fingerprint density at radius 3 is 2.16 bits per heavy atom. The Morgan fingerprint density at radius 2 is 1.56 bits per heavy atom. The normalized spacial score (nSPS) is 11.6. The highest BCUT2D eigenvalue weighted by atomic mass is 35.5. The van der Waals surface area contributed by atoms with Gasteiger partial charge in [-0.15, -0.1) is 11.8 Å². The minimum absolute atomic E-state index is 0.0126. The van der Waals surface area contributed by atoms with Crippen molar-refractivity contribution in [1.29, 1.82) is 0 Å². The highest BCUT2D eigenvalue weighted by Gasteiger charge is 2.14. The van der Waals surface area contributed by atoms with Gasteiger partial charge in [-0.25, -0.2) is 0 Å². The Balaban J connectivity index is 1.88. The van der Waals surface area contributed by atoms with E-state index in [9.17, 15) is 9.59 Å². The van der Waals surface area contributed by atoms with Crippen molar-refractivity contribution in [3.05, 3.63) is 53.6 Å². The molecule has 2 aromatic carbocycles. The molecule has 0 aliphatic rings. The number of anilines is 2. The lowest BCUT2D eigenvalue weighted by atomic mass is 10.3. The molecule has 0 aromatic heterocycles. The van der Waals surface area contributed by atoms with Crippen LogP contribution in [0, 0.1) is 0 Å². The quantitative estimate of drug-likeness (QED) is 0.653. The summed E-state index contributed by atoms with van der Waals surface area (Å²) in [5.41, 5.74) is 1.48. The van der Waals surface area contributed by atoms with Crippen molar-refractivity contribution in [2.75, 3.05) is 10.6 Å². The summed E-state index contributed by atoms with van der Waals surface area (Å²) in [7, 11) is 0. The molecular formula is C19H21ClN2O2S. The highest BCUT2D eigenvalue weighted by molar-refractivity contribution is 8.00. The first-order chi connectivity index (χ1) is 12.0. The van der Waals surface area contributed by atoms with Crippen LogP contribution in [0.25, 0.3) is 0 Å². The Hall–Kier alpha value is -1.98. The smallest absolute Gasteiger partial charge is 0.237 e. The first-order valence-corrected chi connectivity index (χ1v) is 9.36. The molecule has 2 rings (SSSR count). The van der Waals surface area contributed by atoms with Crippen LogP contribution in [0.3, 0.4) is 0 Å². The second-order valence-electron chi connectivity index (χ2n) is 5.58. The number of nitrogens with one attached hydrogen (secondary N) is 2. The fraction of sp³-hybridized carbons (Fsp3) is 0.263. The third-order valence-corrected chi connectivity index (χ3v) is 4.77. The summed E-state index contributed by atoms with van der Waals surface area (Å²) >= 11 is 7.30. The zero-order valence-electron chi connectivity index (χ0n) is 14.2. The van der Waals surface area contributed by atoms with Crippen molar-refractivity contribution in [1.82, 2.24) is 0 Å². The number of benzene rings is 2. The maximum atomic E-state index is 12.3. The van der Waals surface area contributed by atoms with Gasteiger partial charge in [-0.3, -0.25) is 9.59 Å². The van der Waals surface area contributed by atoms with E-state index in [4.69, 9.17) is 11.6 Å². The van der Waals surface area contributed by atoms with Crippen LogP contribution in [0.1, 0.15) is 26.7 Å². The molecule has 1 unspecified atom stereocenters. The van der Waals surface area contributed by atoms with Crippen molar-refractivity contribution in [2.24, 2.45) is 0 Å². The molecule has 0 saturated carbocycles. The van der Waals surface area contributed by atoms with Crippen molar-refractivity contribution >= 4 is 46.6 Å². The Morgan fingerprint density at radius 1 is 1.00 bits per heavy atom. The van der Waals surface area contributed by atoms with Gasteiger partial charge in [0.05, 0.1) is 5.25 Å². The van der Waals surface area contributed by atoms with E-state index < -0.39 is 0 Å². The number of carbonyl (C=O) groups is 2. The van der Waals surface area contributed by atoms with Gasteiger partial charge in [0, 0.05) is 27.7 Å². The SMILES string of the molecule is CCCC(=O)Nc1ccc(SC(C)C(=O)Nc2ccc(Cl)cc2)cc1. The van der Waals surface area contributed by atoms with Crippen LogP contribution < -0.4 is 10.6 Å². The van der Waals surface area contributed by atoms with Crippen molar-refractivity contribution < 1.29 is 9.59 Å². The summed E-state index contributed by atoms with van der Waals surface area (Å²) in [6.07, 6.45) is 1.33. The van der Waals surface area contributed by atoms with Crippen LogP contribution in [0.2, 0.25) is 5.02 Å². The van der Waals surface area contributed by atoms with Gasteiger partial charge in [0.1, 0.15) is 0 Å². The number of halogens is 1. The molecule has 0 saturated heterocycles. The minimum Gasteiger partial charge on any atom is -0.326 e. The van der Waals surface area contributed by atoms with Crippen molar-refractivity contribution in [3.63, 3.8) is 0 Å². The fourth-order valence-electron chi connectivity index (χ4n) is 2.10. The molecule has 0 spiro atoms. The van der Waals surface area contributed by atoms with Gasteiger partial charge in [0.25, 0.3) is 0 Å². The number of hydrogen-bond donors (Lipinski definition) is 2. The number of rotatable bonds is 7. The molecule has 0 bridgehead atoms. The van der Waals surface area contributed by atoms with E-state index in [1.54, 1.807) is 24.3 Å². The Labute approximate surface area is 157 Å². The van der Waals surface area contributed by atoms with Crippen LogP contribution in [-0.2, 0) is 9.59 Å². The van der Waals surface area contributed by atoms with Crippen molar-refractivity contribution in [3.8, 4) is 0 Å². The Bertz CT molecular complexity index is 717. The van der Waals surface area contributed by atoms with E-state index in [2.05, 4.69) is 10.6 Å². The summed E-state index contributed by atoms with van der Waals surface area (Å²) in [4.78, 5) is 24.8. The molecule has 25 heavy (non-hydrogen) atoms. The van der Waals surface area contributed by atoms with Crippen LogP contribution in [0.15, 0.2) is 53.4 Å². The molecule has 1 atom stereocenters. The van der Waals surface area contributed by atoms with Gasteiger partial charge in [-0.1, -0.05) is 18.5 Å². The molecule has 132 valence electrons. The fourth-order valence-corrected chi connectivity index (χ4v) is 3.10. The third kappa shape index (κ3) is 6.44. The third-order valence-electron chi connectivity index (χ3n) is 3.41. The average Bonchev–Trinajstić information content (AvgIpc) is 2.59. The van der Waals surface area contributed by atoms with Crippen LogP contribution >= 0.6 is 23.4 Å². The number of thioether (sulfide) groups is 1. The van der Waals surface area contributed by atoms with Crippen LogP contribution in [-0.4, -0.2) is 17.1 Å². The molecule has 0 aliphatic heterocycles. The lowest BCUT2D eigenvalue weighted by Crippen LogP contribution is -2.22. The average molecular weight is 377 g/mol. The van der Waals surface area contributed by atoms with E-state index in [-0.39, 0.29) is 17.1 Å². The number of amides is 2. The maximum Gasteiger partial charge on any atom is 0.237 e. The van der Waals surface area contributed by atoms with E-state index >= 15 is 0 Å². The zero-order chi connectivity index (χ0) is 18.2. The number of carbonyl (C=O) groups excluding carboxylic acids is 2. The molecule has 0 heterocycles. The zero-order valence-corrected chi connectivity index (χ0v) is 15.8. The first kappa shape index (κ1) is 19.3. The Kier molecular flexibility index (Phi) is 7.34. The second kappa shape index (κ2) is 9.49. The van der Waals surface area contributed by atoms with E-state index in [1.165, 1.54) is 11.8 Å². The molecule has 0 fully saturated rings. The second-order valence-corrected chi connectivity index (χ2v) is 7.43. The molecule has 4 nitrogen and oxygen atoms in total. The molecule has 2 N–H and O–H groups in total. The van der Waals surface area contributed by atoms with Gasteiger partial charge in [0.15, 0.2) is 0 Å². The lowest BCUT2D eigenvalue weighted by molar-refractivity contribution is -0.116. The summed E-state index contributed by atoms with van der Waals surface area (Å²) in [5.74, 6) is -0.0636. The molecule has 0 radical (unpaired) electrons. The molecule has 6 heteroatoms. The molecular weight excluding hydrogens is 356 g/mol. The van der Waals surface area contributed by atoms with Crippen LogP contribution in [0.5, 0.6) is 0 Å². The summed E-state index contributed by atoms with van der Waals surface area (Å²) in [5, 5.41) is 6.09. The summed E-state index contributed by atoms with van der Waals surface area (Å²) in [6, 6.07) is 14.5. The predicted octanol–water partition coefficient (Wildman–Crippen LogP) is 5.20. The van der Waals surface area contributed by atoms with Crippen LogP contribution in [0.4, 0.5) is 11.4 Å². The molecule has 2 aromatic rings. The van der Waals surface area contributed by atoms with Gasteiger partial charge < -0.3 is 10.6 Å². The largest absolute Gasteiger partial charge is 0.326 e. The molecule has 0 aliphatic carbocycles. The monoisotopic (exact) mass is 376 g/mol. The topological polar surface area (TPSA) is 58.2 Å². The van der Waals surface area contributed by atoms with Gasteiger partial charge in [0.2, 0.25) is 11.8 Å². The standard InChI is InChI=1S/C19H21ClN2O2S/c1-3-4-18(23)21-15-9-11-17(12-10-15)25-13(2)19(24)22-16-7-5-14(20)6-8-16/h5-13H,3-4H2,1-2H3,(H,21,23)(H,22,24). The van der Waals surface area contributed by atoms with E-state index in [1.807, 2.05) is 38.1 Å². The van der Waals surface area contributed by atoms with Gasteiger partial charge in [-0.05, 0) is 61.9 Å². The predicted molar refractivity (Wildman–Crippen MR) is 105 cm³/mol. The highest BCUT2D eigenvalue weighted by Crippen LogP contribution is 2.26. The van der Waals surface area contributed by atoms with Crippen molar-refractivity contribution in [2.45, 2.75) is 36.8 Å². The van der Waals surface area contributed by atoms with Gasteiger partial charge in [-0.2, -0.15) is 0 Å². The first-order valence-electron chi connectivity index (χ1n) is 8.11. The maximum absolute atomic E-state index is 12.3. The number of hydrogen-bond acceptors (Lipinski definition) is 3. The molecule has 2 amide bonds. The van der Waals surface area contributed by atoms with E-state index in [0.717, 1.165) is 22.7 Å². The van der Waals surface area contributed by atoms with E-state index in [0.29, 0.717) is 11.4 Å². The summed E-state index contributed by atoms with van der Waals surface area (Å²) in [6.45, 7) is 3.82.